The molecule has 2 aliphatic heterocycles. The zero-order chi connectivity index (χ0) is 22.8. The quantitative estimate of drug-likeness (QED) is 0.604. The average molecular weight is 457 g/mol. The Kier molecular flexibility index (Phi) is 4.80. The molecule has 4 saturated carbocycles. The smallest absolute Gasteiger partial charge is 0.388 e. The molecule has 2 heterocycles. The zero-order valence-corrected chi connectivity index (χ0v) is 18.7. The van der Waals surface area contributed by atoms with Crippen molar-refractivity contribution in [1.82, 2.24) is 10.2 Å². The SMILES string of the molecule is O=C1CCC(N2Cc3cc(O[C@@H]4CCCC[C@H]4NCC45CC(F)(C4)C5)ccc3C2=O)C(O)=[NH+]1. The number of benzene rings is 1. The van der Waals surface area contributed by atoms with E-state index in [1.54, 1.807) is 11.0 Å². The van der Waals surface area contributed by atoms with Gasteiger partial charge in [-0.3, -0.25) is 4.79 Å². The third-order valence-electron chi connectivity index (χ3n) is 8.32. The summed E-state index contributed by atoms with van der Waals surface area (Å²) in [6.07, 6.45) is 7.21. The second-order valence-corrected chi connectivity index (χ2v) is 10.8. The van der Waals surface area contributed by atoms with Gasteiger partial charge in [0.1, 0.15) is 17.5 Å². The molecule has 4 aliphatic carbocycles. The Morgan fingerprint density at radius 3 is 2.73 bits per heavy atom. The minimum Gasteiger partial charge on any atom is -0.489 e. The molecule has 1 unspecified atom stereocenters. The highest BCUT2D eigenvalue weighted by molar-refractivity contribution is 6.01. The van der Waals surface area contributed by atoms with Gasteiger partial charge in [0.25, 0.3) is 5.91 Å². The molecular formula is C25H31FN3O4+. The Morgan fingerprint density at radius 1 is 1.18 bits per heavy atom. The summed E-state index contributed by atoms with van der Waals surface area (Å²) in [5, 5.41) is 13.9. The molecule has 1 aromatic rings. The van der Waals surface area contributed by atoms with Crippen molar-refractivity contribution in [2.45, 2.75) is 88.2 Å². The highest BCUT2D eigenvalue weighted by atomic mass is 19.1. The fraction of sp³-hybridized carbons (Fsp3) is 0.640. The predicted molar refractivity (Wildman–Crippen MR) is 118 cm³/mol. The number of hydrogen-bond acceptors (Lipinski definition) is 4. The minimum atomic E-state index is -0.863. The van der Waals surface area contributed by atoms with Crippen LogP contribution < -0.4 is 15.0 Å². The summed E-state index contributed by atoms with van der Waals surface area (Å²) in [7, 11) is 0. The summed E-state index contributed by atoms with van der Waals surface area (Å²) < 4.78 is 20.3. The number of ether oxygens (including phenoxy) is 1. The molecule has 2 amide bonds. The summed E-state index contributed by atoms with van der Waals surface area (Å²) in [6, 6.07) is 5.35. The molecule has 4 fully saturated rings. The number of alkyl halides is 1. The maximum Gasteiger partial charge on any atom is 0.388 e. The van der Waals surface area contributed by atoms with E-state index in [-0.39, 0.29) is 41.7 Å². The van der Waals surface area contributed by atoms with Crippen molar-refractivity contribution in [2.75, 3.05) is 6.54 Å². The molecule has 1 aromatic carbocycles. The van der Waals surface area contributed by atoms with Gasteiger partial charge in [-0.25, -0.2) is 9.18 Å². The molecule has 0 saturated heterocycles. The van der Waals surface area contributed by atoms with Crippen molar-refractivity contribution in [3.63, 3.8) is 0 Å². The molecule has 6 aliphatic rings. The lowest BCUT2D eigenvalue weighted by Crippen LogP contribution is -2.82. The Balaban J connectivity index is 1.12. The van der Waals surface area contributed by atoms with Crippen LogP contribution in [0.2, 0.25) is 0 Å². The molecule has 7 rings (SSSR count). The van der Waals surface area contributed by atoms with Crippen molar-refractivity contribution in [2.24, 2.45) is 5.41 Å². The predicted octanol–water partition coefficient (Wildman–Crippen LogP) is 1.54. The van der Waals surface area contributed by atoms with E-state index in [1.807, 2.05) is 12.1 Å². The van der Waals surface area contributed by atoms with Crippen molar-refractivity contribution in [1.29, 1.82) is 0 Å². The second-order valence-electron chi connectivity index (χ2n) is 10.8. The summed E-state index contributed by atoms with van der Waals surface area (Å²) in [5.74, 6) is 0.242. The largest absolute Gasteiger partial charge is 0.489 e. The van der Waals surface area contributed by atoms with Crippen molar-refractivity contribution >= 4 is 17.7 Å². The third kappa shape index (κ3) is 3.63. The lowest BCUT2D eigenvalue weighted by molar-refractivity contribution is -0.394. The second kappa shape index (κ2) is 7.52. The molecule has 33 heavy (non-hydrogen) atoms. The Bertz CT molecular complexity index is 1020. The number of nitrogens with one attached hydrogen (secondary N) is 2. The van der Waals surface area contributed by atoms with Crippen LogP contribution in [0, 0.1) is 5.41 Å². The van der Waals surface area contributed by atoms with Crippen LogP contribution in [0.4, 0.5) is 4.39 Å². The number of fused-ring (bicyclic) bond motifs is 1. The number of halogens is 1. The molecule has 176 valence electrons. The van der Waals surface area contributed by atoms with Gasteiger partial charge in [-0.1, -0.05) is 6.42 Å². The van der Waals surface area contributed by atoms with Gasteiger partial charge in [0.05, 0.1) is 6.42 Å². The van der Waals surface area contributed by atoms with Crippen molar-refractivity contribution < 1.29 is 28.8 Å². The number of rotatable bonds is 6. The van der Waals surface area contributed by atoms with Gasteiger partial charge in [-0.15, -0.1) is 4.99 Å². The first-order chi connectivity index (χ1) is 15.8. The number of aliphatic hydroxyl groups excluding tert-OH is 1. The minimum absolute atomic E-state index is 0.0580. The van der Waals surface area contributed by atoms with Crippen LogP contribution in [0.25, 0.3) is 0 Å². The standard InChI is InChI=1S/C25H30FN3O4/c26-25-11-24(12-25,13-25)14-27-18-3-1-2-4-20(18)33-16-5-6-17-15(9-16)10-29(23(17)32)19-7-8-21(30)28-22(19)31/h5-6,9,18-20,27H,1-4,7-8,10-14H2,(H,28,30,31)/p+1/t18-,19?,20-,24?,25?/m1/s1. The number of carbonyl (C=O) groups excluding carboxylic acids is 2. The number of amides is 2. The monoisotopic (exact) mass is 456 g/mol. The van der Waals surface area contributed by atoms with E-state index in [2.05, 4.69) is 10.3 Å². The third-order valence-corrected chi connectivity index (χ3v) is 8.32. The molecule has 0 spiro atoms. The normalized spacial score (nSPS) is 37.2. The number of aliphatic hydroxyl groups is 1. The lowest BCUT2D eigenvalue weighted by Gasteiger charge is -2.66. The average Bonchev–Trinajstić information content (AvgIpc) is 3.06. The molecule has 2 bridgehead atoms. The van der Waals surface area contributed by atoms with Crippen LogP contribution in [0.15, 0.2) is 18.2 Å². The number of nitrogens with zero attached hydrogens (tertiary/aromatic N) is 1. The molecule has 3 N–H and O–H groups in total. The van der Waals surface area contributed by atoms with Crippen LogP contribution in [0.5, 0.6) is 5.75 Å². The summed E-state index contributed by atoms with van der Waals surface area (Å²) in [5.41, 5.74) is 0.811. The molecule has 0 radical (unpaired) electrons. The van der Waals surface area contributed by atoms with Crippen molar-refractivity contribution in [3.05, 3.63) is 29.3 Å². The van der Waals surface area contributed by atoms with E-state index in [0.29, 0.717) is 37.8 Å². The van der Waals surface area contributed by atoms with Gasteiger partial charge in [-0.2, -0.15) is 0 Å². The topological polar surface area (TPSA) is 92.8 Å². The van der Waals surface area contributed by atoms with Crippen LogP contribution in [-0.2, 0) is 11.3 Å². The molecule has 0 aromatic heterocycles. The lowest BCUT2D eigenvalue weighted by atomic mass is 9.42. The zero-order valence-electron chi connectivity index (χ0n) is 18.7. The maximum absolute atomic E-state index is 13.9. The highest BCUT2D eigenvalue weighted by Crippen LogP contribution is 2.69. The Hall–Kier alpha value is -2.48. The van der Waals surface area contributed by atoms with Gasteiger partial charge in [0, 0.05) is 24.7 Å². The van der Waals surface area contributed by atoms with Crippen LogP contribution in [-0.4, -0.2) is 58.1 Å². The molecule has 8 heteroatoms. The fourth-order valence-electron chi connectivity index (χ4n) is 6.68. The Labute approximate surface area is 192 Å². The van der Waals surface area contributed by atoms with Crippen LogP contribution >= 0.6 is 0 Å². The highest BCUT2D eigenvalue weighted by Gasteiger charge is 2.68. The number of carbonyl (C=O) groups is 2. The van der Waals surface area contributed by atoms with E-state index >= 15 is 0 Å². The molecular weight excluding hydrogens is 425 g/mol. The summed E-state index contributed by atoms with van der Waals surface area (Å²) in [6.45, 7) is 1.25. The first-order valence-corrected chi connectivity index (χ1v) is 12.2. The van der Waals surface area contributed by atoms with Crippen LogP contribution in [0.1, 0.15) is 73.7 Å². The maximum atomic E-state index is 13.9. The van der Waals surface area contributed by atoms with Crippen molar-refractivity contribution in [3.8, 4) is 5.75 Å². The molecule has 7 nitrogen and oxygen atoms in total. The van der Waals surface area contributed by atoms with Gasteiger partial charge in [0.2, 0.25) is 0 Å². The van der Waals surface area contributed by atoms with Gasteiger partial charge < -0.3 is 20.1 Å². The molecule has 3 atom stereocenters. The van der Waals surface area contributed by atoms with E-state index in [4.69, 9.17) is 4.74 Å². The summed E-state index contributed by atoms with van der Waals surface area (Å²) in [4.78, 5) is 28.5. The fourth-order valence-corrected chi connectivity index (χ4v) is 6.68. The first kappa shape index (κ1) is 21.1. The van der Waals surface area contributed by atoms with E-state index in [9.17, 15) is 19.1 Å². The van der Waals surface area contributed by atoms with Gasteiger partial charge in [0.15, 0.2) is 6.04 Å². The van der Waals surface area contributed by atoms with E-state index in [1.165, 1.54) is 6.42 Å². The van der Waals surface area contributed by atoms with E-state index in [0.717, 1.165) is 37.1 Å². The van der Waals surface area contributed by atoms with Crippen LogP contribution in [0.3, 0.4) is 0 Å². The number of hydrogen-bond donors (Lipinski definition) is 3. The van der Waals surface area contributed by atoms with Gasteiger partial charge in [-0.05, 0) is 74.1 Å². The van der Waals surface area contributed by atoms with E-state index < -0.39 is 11.7 Å². The Morgan fingerprint density at radius 2 is 1.97 bits per heavy atom. The first-order valence-electron chi connectivity index (χ1n) is 12.2. The van der Waals surface area contributed by atoms with Gasteiger partial charge >= 0.3 is 11.8 Å². The summed E-state index contributed by atoms with van der Waals surface area (Å²) >= 11 is 0.